The molecule has 1 unspecified atom stereocenters. The third-order valence-corrected chi connectivity index (χ3v) is 3.11. The standard InChI is InChI=1S/C13H19ClN2O2/c1-3-16(8-9(2)7-15)13(18)11-6-10(17)4-5-12(11)14/h4-6,9,17H,3,7-8,15H2,1-2H3. The van der Waals surface area contributed by atoms with Gasteiger partial charge in [-0.05, 0) is 37.6 Å². The number of halogens is 1. The van der Waals surface area contributed by atoms with Gasteiger partial charge in [0.2, 0.25) is 0 Å². The van der Waals surface area contributed by atoms with Gasteiger partial charge in [0.25, 0.3) is 5.91 Å². The molecule has 0 saturated carbocycles. The van der Waals surface area contributed by atoms with E-state index < -0.39 is 0 Å². The Hall–Kier alpha value is -1.26. The summed E-state index contributed by atoms with van der Waals surface area (Å²) in [4.78, 5) is 14.0. The third kappa shape index (κ3) is 3.62. The zero-order valence-electron chi connectivity index (χ0n) is 10.7. The largest absolute Gasteiger partial charge is 0.508 e. The zero-order chi connectivity index (χ0) is 13.7. The Bertz CT molecular complexity index is 423. The molecule has 4 nitrogen and oxygen atoms in total. The lowest BCUT2D eigenvalue weighted by molar-refractivity contribution is 0.0743. The van der Waals surface area contributed by atoms with Crippen LogP contribution >= 0.6 is 11.6 Å². The Balaban J connectivity index is 2.92. The fourth-order valence-electron chi connectivity index (χ4n) is 1.65. The summed E-state index contributed by atoms with van der Waals surface area (Å²) in [5.41, 5.74) is 5.89. The molecule has 0 radical (unpaired) electrons. The number of rotatable bonds is 5. The first-order valence-corrected chi connectivity index (χ1v) is 6.35. The molecule has 100 valence electrons. The van der Waals surface area contributed by atoms with Crippen molar-refractivity contribution in [2.75, 3.05) is 19.6 Å². The molecule has 1 rings (SSSR count). The van der Waals surface area contributed by atoms with Gasteiger partial charge in [-0.25, -0.2) is 0 Å². The van der Waals surface area contributed by atoms with Crippen molar-refractivity contribution in [3.8, 4) is 5.75 Å². The summed E-state index contributed by atoms with van der Waals surface area (Å²) in [6.07, 6.45) is 0. The molecule has 1 aromatic carbocycles. The van der Waals surface area contributed by atoms with Crippen LogP contribution in [0.5, 0.6) is 5.75 Å². The first-order chi connectivity index (χ1) is 8.49. The van der Waals surface area contributed by atoms with E-state index in [2.05, 4.69) is 0 Å². The molecular weight excluding hydrogens is 252 g/mol. The molecule has 0 aliphatic carbocycles. The molecule has 0 bridgehead atoms. The Kier molecular flexibility index (Phi) is 5.44. The first-order valence-electron chi connectivity index (χ1n) is 5.97. The first kappa shape index (κ1) is 14.8. The smallest absolute Gasteiger partial charge is 0.255 e. The minimum absolute atomic E-state index is 0.0330. The quantitative estimate of drug-likeness (QED) is 0.861. The summed E-state index contributed by atoms with van der Waals surface area (Å²) in [5.74, 6) is 0.0781. The van der Waals surface area contributed by atoms with Crippen molar-refractivity contribution in [1.82, 2.24) is 4.90 Å². The number of phenolic OH excluding ortho intramolecular Hbond substituents is 1. The molecule has 1 aromatic rings. The monoisotopic (exact) mass is 270 g/mol. The van der Waals surface area contributed by atoms with Gasteiger partial charge in [0.15, 0.2) is 0 Å². The number of amides is 1. The normalized spacial score (nSPS) is 12.2. The van der Waals surface area contributed by atoms with Crippen LogP contribution < -0.4 is 5.73 Å². The molecule has 0 saturated heterocycles. The van der Waals surface area contributed by atoms with Crippen LogP contribution in [0.25, 0.3) is 0 Å². The maximum atomic E-state index is 12.3. The SMILES string of the molecule is CCN(CC(C)CN)C(=O)c1cc(O)ccc1Cl. The number of phenols is 1. The summed E-state index contributed by atoms with van der Waals surface area (Å²) >= 11 is 5.98. The second-order valence-electron chi connectivity index (χ2n) is 4.35. The van der Waals surface area contributed by atoms with Crippen LogP contribution in [0, 0.1) is 5.92 Å². The third-order valence-electron chi connectivity index (χ3n) is 2.78. The van der Waals surface area contributed by atoms with Gasteiger partial charge in [-0.3, -0.25) is 4.79 Å². The van der Waals surface area contributed by atoms with Gasteiger partial charge >= 0.3 is 0 Å². The molecule has 1 amide bonds. The fraction of sp³-hybridized carbons (Fsp3) is 0.462. The van der Waals surface area contributed by atoms with E-state index in [1.807, 2.05) is 13.8 Å². The van der Waals surface area contributed by atoms with Gasteiger partial charge < -0.3 is 15.7 Å². The van der Waals surface area contributed by atoms with E-state index in [1.165, 1.54) is 18.2 Å². The highest BCUT2D eigenvalue weighted by molar-refractivity contribution is 6.33. The lowest BCUT2D eigenvalue weighted by Gasteiger charge is -2.24. The van der Waals surface area contributed by atoms with E-state index in [-0.39, 0.29) is 17.6 Å². The Labute approximate surface area is 112 Å². The van der Waals surface area contributed by atoms with Gasteiger partial charge in [-0.15, -0.1) is 0 Å². The fourth-order valence-corrected chi connectivity index (χ4v) is 1.85. The molecular formula is C13H19ClN2O2. The number of carbonyl (C=O) groups is 1. The number of carbonyl (C=O) groups excluding carboxylic acids is 1. The van der Waals surface area contributed by atoms with Crippen molar-refractivity contribution < 1.29 is 9.90 Å². The van der Waals surface area contributed by atoms with E-state index in [0.717, 1.165) is 0 Å². The number of hydrogen-bond acceptors (Lipinski definition) is 3. The lowest BCUT2D eigenvalue weighted by Crippen LogP contribution is -2.36. The van der Waals surface area contributed by atoms with E-state index in [0.29, 0.717) is 30.2 Å². The average molecular weight is 271 g/mol. The van der Waals surface area contributed by atoms with E-state index in [1.54, 1.807) is 4.90 Å². The minimum Gasteiger partial charge on any atom is -0.508 e. The van der Waals surface area contributed by atoms with Crippen LogP contribution in [0.2, 0.25) is 5.02 Å². The second kappa shape index (κ2) is 6.61. The Morgan fingerprint density at radius 2 is 2.22 bits per heavy atom. The highest BCUT2D eigenvalue weighted by Crippen LogP contribution is 2.22. The maximum absolute atomic E-state index is 12.3. The van der Waals surface area contributed by atoms with Crippen molar-refractivity contribution in [3.05, 3.63) is 28.8 Å². The van der Waals surface area contributed by atoms with Crippen LogP contribution in [0.15, 0.2) is 18.2 Å². The highest BCUT2D eigenvalue weighted by atomic mass is 35.5. The molecule has 1 atom stereocenters. The lowest BCUT2D eigenvalue weighted by atomic mass is 10.1. The predicted molar refractivity (Wildman–Crippen MR) is 72.9 cm³/mol. The van der Waals surface area contributed by atoms with Gasteiger partial charge in [-0.2, -0.15) is 0 Å². The van der Waals surface area contributed by atoms with Crippen molar-refractivity contribution in [3.63, 3.8) is 0 Å². The van der Waals surface area contributed by atoms with Crippen LogP contribution in [-0.2, 0) is 0 Å². The summed E-state index contributed by atoms with van der Waals surface area (Å²) in [6, 6.07) is 4.36. The number of nitrogens with two attached hydrogens (primary N) is 1. The van der Waals surface area contributed by atoms with E-state index in [4.69, 9.17) is 17.3 Å². The van der Waals surface area contributed by atoms with Crippen molar-refractivity contribution in [2.45, 2.75) is 13.8 Å². The number of hydrogen-bond donors (Lipinski definition) is 2. The number of aromatic hydroxyl groups is 1. The van der Waals surface area contributed by atoms with E-state index in [9.17, 15) is 9.90 Å². The molecule has 0 fully saturated rings. The molecule has 0 aromatic heterocycles. The van der Waals surface area contributed by atoms with Crippen molar-refractivity contribution in [2.24, 2.45) is 11.7 Å². The summed E-state index contributed by atoms with van der Waals surface area (Å²) < 4.78 is 0. The van der Waals surface area contributed by atoms with Crippen LogP contribution in [0.1, 0.15) is 24.2 Å². The minimum atomic E-state index is -0.182. The summed E-state index contributed by atoms with van der Waals surface area (Å²) in [7, 11) is 0. The molecule has 0 aliphatic rings. The number of nitrogens with zero attached hydrogens (tertiary/aromatic N) is 1. The van der Waals surface area contributed by atoms with Crippen LogP contribution in [0.3, 0.4) is 0 Å². The van der Waals surface area contributed by atoms with Crippen molar-refractivity contribution in [1.29, 1.82) is 0 Å². The molecule has 3 N–H and O–H groups in total. The van der Waals surface area contributed by atoms with Gasteiger partial charge in [0.1, 0.15) is 5.75 Å². The average Bonchev–Trinajstić information content (AvgIpc) is 2.37. The maximum Gasteiger partial charge on any atom is 0.255 e. The van der Waals surface area contributed by atoms with E-state index >= 15 is 0 Å². The Morgan fingerprint density at radius 1 is 1.56 bits per heavy atom. The molecule has 0 heterocycles. The van der Waals surface area contributed by atoms with Crippen LogP contribution in [-0.4, -0.2) is 35.5 Å². The molecule has 0 aliphatic heterocycles. The molecule has 0 spiro atoms. The second-order valence-corrected chi connectivity index (χ2v) is 4.76. The zero-order valence-corrected chi connectivity index (χ0v) is 11.4. The van der Waals surface area contributed by atoms with Gasteiger partial charge in [-0.1, -0.05) is 18.5 Å². The summed E-state index contributed by atoms with van der Waals surface area (Å²) in [6.45, 7) is 5.57. The van der Waals surface area contributed by atoms with Crippen LogP contribution in [0.4, 0.5) is 0 Å². The highest BCUT2D eigenvalue weighted by Gasteiger charge is 2.19. The molecule has 18 heavy (non-hydrogen) atoms. The van der Waals surface area contributed by atoms with Gasteiger partial charge in [0, 0.05) is 13.1 Å². The van der Waals surface area contributed by atoms with Crippen molar-refractivity contribution >= 4 is 17.5 Å². The number of benzene rings is 1. The summed E-state index contributed by atoms with van der Waals surface area (Å²) in [5, 5.41) is 9.76. The molecule has 5 heteroatoms. The topological polar surface area (TPSA) is 66.6 Å². The van der Waals surface area contributed by atoms with Gasteiger partial charge in [0.05, 0.1) is 10.6 Å². The Morgan fingerprint density at radius 3 is 2.78 bits per heavy atom. The predicted octanol–water partition coefficient (Wildman–Crippen LogP) is 2.10.